The van der Waals surface area contributed by atoms with E-state index in [1.807, 2.05) is 24.4 Å². The lowest BCUT2D eigenvalue weighted by atomic mass is 10.2. The van der Waals surface area contributed by atoms with Crippen LogP contribution in [0.2, 0.25) is 0 Å². The zero-order valence-electron chi connectivity index (χ0n) is 17.7. The third-order valence-corrected chi connectivity index (χ3v) is 6.81. The van der Waals surface area contributed by atoms with E-state index >= 15 is 0 Å². The van der Waals surface area contributed by atoms with Crippen LogP contribution in [0.25, 0.3) is 10.7 Å². The molecule has 3 heterocycles. The number of anilines is 1. The molecule has 0 bridgehead atoms. The van der Waals surface area contributed by atoms with Crippen LogP contribution in [-0.4, -0.2) is 64.8 Å². The van der Waals surface area contributed by atoms with Gasteiger partial charge in [0.05, 0.1) is 4.88 Å². The van der Waals surface area contributed by atoms with Crippen LogP contribution < -0.4 is 10.2 Å². The van der Waals surface area contributed by atoms with E-state index in [1.165, 1.54) is 5.69 Å². The van der Waals surface area contributed by atoms with E-state index < -0.39 is 6.04 Å². The van der Waals surface area contributed by atoms with Crippen LogP contribution in [0.5, 0.6) is 0 Å². The fraction of sp³-hybridized carbons (Fsp3) is 0.409. The maximum absolute atomic E-state index is 12.7. The first-order valence-electron chi connectivity index (χ1n) is 10.6. The zero-order valence-corrected chi connectivity index (χ0v) is 19.3. The Balaban J connectivity index is 1.22. The molecule has 2 aromatic heterocycles. The summed E-state index contributed by atoms with van der Waals surface area (Å²) in [4.78, 5) is 18.6. The van der Waals surface area contributed by atoms with Gasteiger partial charge in [0, 0.05) is 38.4 Å². The average molecular weight is 457 g/mol. The molecule has 1 unspecified atom stereocenters. The third-order valence-electron chi connectivity index (χ3n) is 5.66. The van der Waals surface area contributed by atoms with Crippen LogP contribution in [0.15, 0.2) is 47.8 Å². The number of carbonyl (C=O) groups is 1. The van der Waals surface area contributed by atoms with E-state index in [2.05, 4.69) is 55.6 Å². The minimum absolute atomic E-state index is 0.0378. The number of carbonyl (C=O) groups excluding carboxylic acids is 1. The molecule has 9 heteroatoms. The van der Waals surface area contributed by atoms with Crippen molar-refractivity contribution in [1.82, 2.24) is 25.0 Å². The molecule has 4 rings (SSSR count). The monoisotopic (exact) mass is 456 g/mol. The number of H-pyrrole nitrogens is 1. The van der Waals surface area contributed by atoms with Crippen molar-refractivity contribution >= 4 is 35.1 Å². The summed E-state index contributed by atoms with van der Waals surface area (Å²) in [6.07, 6.45) is 0.929. The molecule has 0 spiro atoms. The van der Waals surface area contributed by atoms with Crippen molar-refractivity contribution in [3.63, 3.8) is 0 Å². The van der Waals surface area contributed by atoms with Crippen molar-refractivity contribution in [3.05, 3.63) is 52.6 Å². The molecule has 3 aromatic rings. The van der Waals surface area contributed by atoms with E-state index in [4.69, 9.17) is 12.2 Å². The Morgan fingerprint density at radius 1 is 1.19 bits per heavy atom. The Bertz CT molecular complexity index is 1020. The number of aromatic amines is 1. The summed E-state index contributed by atoms with van der Waals surface area (Å²) in [5.41, 5.74) is 1.29. The van der Waals surface area contributed by atoms with Crippen molar-refractivity contribution in [2.24, 2.45) is 0 Å². The van der Waals surface area contributed by atoms with E-state index in [9.17, 15) is 4.79 Å². The van der Waals surface area contributed by atoms with Crippen molar-refractivity contribution in [1.29, 1.82) is 0 Å². The Morgan fingerprint density at radius 2 is 1.97 bits per heavy atom. The second-order valence-corrected chi connectivity index (χ2v) is 9.02. The van der Waals surface area contributed by atoms with Gasteiger partial charge in [-0.05, 0) is 55.7 Å². The number of nitrogens with one attached hydrogen (secondary N) is 2. The molecular formula is C22H28N6OS2. The van der Waals surface area contributed by atoms with E-state index in [1.54, 1.807) is 15.9 Å². The van der Waals surface area contributed by atoms with Crippen molar-refractivity contribution in [2.75, 3.05) is 44.2 Å². The van der Waals surface area contributed by atoms with E-state index in [0.717, 1.165) is 44.0 Å². The smallest absolute Gasteiger partial charge is 0.242 e. The second kappa shape index (κ2) is 10.2. The molecule has 164 valence electrons. The normalized spacial score (nSPS) is 15.7. The fourth-order valence-electron chi connectivity index (χ4n) is 3.89. The molecule has 1 fully saturated rings. The number of para-hydroxylation sites is 1. The summed E-state index contributed by atoms with van der Waals surface area (Å²) in [5, 5.41) is 12.2. The summed E-state index contributed by atoms with van der Waals surface area (Å²) in [7, 11) is 0. The van der Waals surface area contributed by atoms with E-state index in [-0.39, 0.29) is 5.91 Å². The summed E-state index contributed by atoms with van der Waals surface area (Å²) in [6.45, 7) is 7.68. The molecule has 7 nitrogen and oxygen atoms in total. The molecule has 1 saturated heterocycles. The highest BCUT2D eigenvalue weighted by atomic mass is 32.1. The van der Waals surface area contributed by atoms with Gasteiger partial charge in [-0.15, -0.1) is 11.3 Å². The summed E-state index contributed by atoms with van der Waals surface area (Å²) < 4.78 is 2.25. The first-order chi connectivity index (χ1) is 15.1. The second-order valence-electron chi connectivity index (χ2n) is 7.68. The summed E-state index contributed by atoms with van der Waals surface area (Å²) in [5.74, 6) is 0.670. The Labute approximate surface area is 191 Å². The van der Waals surface area contributed by atoms with Gasteiger partial charge in [0.15, 0.2) is 10.6 Å². The topological polar surface area (TPSA) is 69.2 Å². The Hall–Kier alpha value is -2.49. The number of benzene rings is 1. The van der Waals surface area contributed by atoms with Crippen LogP contribution in [0.3, 0.4) is 0 Å². The number of hydrogen-bond acceptors (Lipinski definition) is 6. The highest BCUT2D eigenvalue weighted by Crippen LogP contribution is 2.25. The average Bonchev–Trinajstić information content (AvgIpc) is 3.47. The molecule has 1 aliphatic rings. The molecule has 0 radical (unpaired) electrons. The van der Waals surface area contributed by atoms with Gasteiger partial charge < -0.3 is 10.2 Å². The Kier molecular flexibility index (Phi) is 7.16. The van der Waals surface area contributed by atoms with Crippen LogP contribution >= 0.6 is 23.6 Å². The standard InChI is InChI=1S/C22H28N6OS2/c1-17(28-20(24-25-22(28)30)19-9-5-16-31-19)21(29)23-10-6-11-26-12-14-27(15-13-26)18-7-3-2-4-8-18/h2-5,7-9,16-17H,6,10-15H2,1H3,(H,23,29)(H,25,30). The number of amides is 1. The number of piperazine rings is 1. The summed E-state index contributed by atoms with van der Waals surface area (Å²) in [6, 6.07) is 14.1. The fourth-order valence-corrected chi connectivity index (χ4v) is 4.89. The number of rotatable bonds is 8. The van der Waals surface area contributed by atoms with Gasteiger partial charge in [0.2, 0.25) is 5.91 Å². The van der Waals surface area contributed by atoms with Crippen LogP contribution in [0, 0.1) is 4.77 Å². The SMILES string of the molecule is CC(C(=O)NCCCN1CCN(c2ccccc2)CC1)n1c(-c2cccs2)n[nH]c1=S. The zero-order chi connectivity index (χ0) is 21.6. The molecular weight excluding hydrogens is 428 g/mol. The lowest BCUT2D eigenvalue weighted by molar-refractivity contribution is -0.123. The summed E-state index contributed by atoms with van der Waals surface area (Å²) >= 11 is 6.95. The molecule has 2 N–H and O–H groups in total. The quantitative estimate of drug-likeness (QED) is 0.401. The number of thiophene rings is 1. The van der Waals surface area contributed by atoms with Crippen molar-refractivity contribution in [2.45, 2.75) is 19.4 Å². The first-order valence-corrected chi connectivity index (χ1v) is 11.9. The Morgan fingerprint density at radius 3 is 2.68 bits per heavy atom. The van der Waals surface area contributed by atoms with Crippen LogP contribution in [-0.2, 0) is 4.79 Å². The lowest BCUT2D eigenvalue weighted by Gasteiger charge is -2.36. The molecule has 1 atom stereocenters. The molecule has 31 heavy (non-hydrogen) atoms. The van der Waals surface area contributed by atoms with Crippen molar-refractivity contribution in [3.8, 4) is 10.7 Å². The van der Waals surface area contributed by atoms with E-state index in [0.29, 0.717) is 17.1 Å². The minimum atomic E-state index is -0.419. The maximum atomic E-state index is 12.7. The van der Waals surface area contributed by atoms with Crippen molar-refractivity contribution < 1.29 is 4.79 Å². The van der Waals surface area contributed by atoms with Crippen LogP contribution in [0.1, 0.15) is 19.4 Å². The highest BCUT2D eigenvalue weighted by molar-refractivity contribution is 7.71. The number of nitrogens with zero attached hydrogens (tertiary/aromatic N) is 4. The largest absolute Gasteiger partial charge is 0.369 e. The van der Waals surface area contributed by atoms with Gasteiger partial charge in [-0.1, -0.05) is 24.3 Å². The molecule has 0 aliphatic carbocycles. The molecule has 1 amide bonds. The lowest BCUT2D eigenvalue weighted by Crippen LogP contribution is -2.47. The maximum Gasteiger partial charge on any atom is 0.242 e. The van der Waals surface area contributed by atoms with Gasteiger partial charge in [-0.3, -0.25) is 19.4 Å². The molecule has 1 aliphatic heterocycles. The number of hydrogen-bond donors (Lipinski definition) is 2. The number of aromatic nitrogens is 3. The van der Waals surface area contributed by atoms with Gasteiger partial charge in [0.25, 0.3) is 0 Å². The van der Waals surface area contributed by atoms with Gasteiger partial charge in [-0.25, -0.2) is 0 Å². The molecule has 0 saturated carbocycles. The third kappa shape index (κ3) is 5.23. The first kappa shape index (κ1) is 21.7. The highest BCUT2D eigenvalue weighted by Gasteiger charge is 2.21. The predicted molar refractivity (Wildman–Crippen MR) is 128 cm³/mol. The predicted octanol–water partition coefficient (Wildman–Crippen LogP) is 3.56. The van der Waals surface area contributed by atoms with Gasteiger partial charge in [-0.2, -0.15) is 5.10 Å². The molecule has 1 aromatic carbocycles. The minimum Gasteiger partial charge on any atom is -0.369 e. The van der Waals surface area contributed by atoms with Crippen LogP contribution in [0.4, 0.5) is 5.69 Å². The van der Waals surface area contributed by atoms with Gasteiger partial charge >= 0.3 is 0 Å². The van der Waals surface area contributed by atoms with Gasteiger partial charge in [0.1, 0.15) is 6.04 Å².